The van der Waals surface area contributed by atoms with E-state index in [0.29, 0.717) is 12.1 Å². The van der Waals surface area contributed by atoms with Gasteiger partial charge in [0.05, 0.1) is 15.9 Å². The van der Waals surface area contributed by atoms with Gasteiger partial charge in [0, 0.05) is 38.8 Å². The van der Waals surface area contributed by atoms with Crippen LogP contribution in [0.25, 0.3) is 0 Å². The topological polar surface area (TPSA) is 33.1 Å². The molecule has 0 aliphatic carbocycles. The molecule has 0 aliphatic rings. The minimum absolute atomic E-state index is 0.590. The second kappa shape index (κ2) is 7.41. The van der Waals surface area contributed by atoms with Crippen LogP contribution in [0.5, 0.6) is 0 Å². The van der Waals surface area contributed by atoms with Gasteiger partial charge in [0.15, 0.2) is 0 Å². The van der Waals surface area contributed by atoms with E-state index >= 15 is 0 Å². The minimum Gasteiger partial charge on any atom is -0.310 e. The number of halogens is 1. The van der Waals surface area contributed by atoms with Crippen molar-refractivity contribution in [3.05, 3.63) is 15.9 Å². The molecule has 0 aromatic carbocycles. The average molecular weight is 331 g/mol. The molecule has 1 aromatic rings. The number of nitrogens with one attached hydrogen (secondary N) is 1. The van der Waals surface area contributed by atoms with Crippen LogP contribution >= 0.6 is 15.9 Å². The molecule has 0 aliphatic heterocycles. The van der Waals surface area contributed by atoms with Crippen molar-refractivity contribution in [3.63, 3.8) is 0 Å². The molecule has 0 unspecified atom stereocenters. The van der Waals surface area contributed by atoms with Gasteiger partial charge in [-0.05, 0) is 50.5 Å². The smallest absolute Gasteiger partial charge is 0.0739 e. The predicted molar refractivity (Wildman–Crippen MR) is 84.3 cm³/mol. The van der Waals surface area contributed by atoms with Crippen LogP contribution in [0, 0.1) is 6.92 Å². The molecule has 0 spiro atoms. The normalized spacial score (nSPS) is 12.1. The van der Waals surface area contributed by atoms with Crippen LogP contribution < -0.4 is 5.32 Å². The highest BCUT2D eigenvalue weighted by molar-refractivity contribution is 9.10. The zero-order valence-electron chi connectivity index (χ0n) is 13.0. The van der Waals surface area contributed by atoms with Gasteiger partial charge in [-0.2, -0.15) is 5.10 Å². The number of hydrogen-bond acceptors (Lipinski definition) is 3. The van der Waals surface area contributed by atoms with Gasteiger partial charge in [-0.1, -0.05) is 0 Å². The van der Waals surface area contributed by atoms with Gasteiger partial charge in [-0.15, -0.1) is 0 Å². The van der Waals surface area contributed by atoms with Crippen LogP contribution in [0.2, 0.25) is 0 Å². The van der Waals surface area contributed by atoms with E-state index in [4.69, 9.17) is 0 Å². The summed E-state index contributed by atoms with van der Waals surface area (Å²) in [7, 11) is 1.99. The molecular formula is C14H27BrN4. The van der Waals surface area contributed by atoms with Crippen LogP contribution in [-0.2, 0) is 13.6 Å². The molecule has 0 saturated heterocycles. The van der Waals surface area contributed by atoms with Gasteiger partial charge < -0.3 is 5.32 Å². The summed E-state index contributed by atoms with van der Waals surface area (Å²) < 4.78 is 3.06. The quantitative estimate of drug-likeness (QED) is 0.780. The first-order valence-electron chi connectivity index (χ1n) is 6.99. The Balaban J connectivity index is 2.42. The summed E-state index contributed by atoms with van der Waals surface area (Å²) in [6.45, 7) is 13.9. The summed E-state index contributed by atoms with van der Waals surface area (Å²) in [6, 6.07) is 1.18. The van der Waals surface area contributed by atoms with Gasteiger partial charge in [0.25, 0.3) is 0 Å². The van der Waals surface area contributed by atoms with Crippen LogP contribution in [-0.4, -0.2) is 39.9 Å². The lowest BCUT2D eigenvalue weighted by atomic mass is 10.2. The maximum atomic E-state index is 4.40. The van der Waals surface area contributed by atoms with Crippen molar-refractivity contribution in [2.24, 2.45) is 7.05 Å². The van der Waals surface area contributed by atoms with E-state index in [2.05, 4.69) is 58.9 Å². The minimum atomic E-state index is 0.590. The Kier molecular flexibility index (Phi) is 6.50. The van der Waals surface area contributed by atoms with Crippen molar-refractivity contribution in [1.29, 1.82) is 0 Å². The standard InChI is InChI=1S/C14H27BrN4/c1-10(2)19(11(3)4)8-7-16-9-13-14(15)12(5)17-18(13)6/h10-11,16H,7-9H2,1-6H3. The third kappa shape index (κ3) is 4.58. The maximum absolute atomic E-state index is 4.40. The van der Waals surface area contributed by atoms with Gasteiger partial charge in [0.1, 0.15) is 0 Å². The van der Waals surface area contributed by atoms with E-state index in [1.165, 1.54) is 5.69 Å². The number of nitrogens with zero attached hydrogens (tertiary/aromatic N) is 3. The second-order valence-electron chi connectivity index (χ2n) is 5.57. The van der Waals surface area contributed by atoms with E-state index in [1.54, 1.807) is 0 Å². The maximum Gasteiger partial charge on any atom is 0.0739 e. The number of hydrogen-bond donors (Lipinski definition) is 1. The molecule has 0 radical (unpaired) electrons. The van der Waals surface area contributed by atoms with Gasteiger partial charge in [0.2, 0.25) is 0 Å². The number of aryl methyl sites for hydroxylation is 2. The molecule has 1 rings (SSSR count). The molecule has 1 aromatic heterocycles. The molecule has 1 heterocycles. The Hall–Kier alpha value is -0.390. The molecule has 0 saturated carbocycles. The van der Waals surface area contributed by atoms with Gasteiger partial charge >= 0.3 is 0 Å². The van der Waals surface area contributed by atoms with Crippen molar-refractivity contribution < 1.29 is 0 Å². The Morgan fingerprint density at radius 1 is 1.26 bits per heavy atom. The van der Waals surface area contributed by atoms with Crippen molar-refractivity contribution in [2.45, 2.75) is 53.2 Å². The van der Waals surface area contributed by atoms with Crippen molar-refractivity contribution in [1.82, 2.24) is 20.0 Å². The fourth-order valence-corrected chi connectivity index (χ4v) is 2.88. The van der Waals surface area contributed by atoms with Crippen molar-refractivity contribution in [3.8, 4) is 0 Å². The number of aromatic nitrogens is 2. The van der Waals surface area contributed by atoms with Crippen LogP contribution in [0.3, 0.4) is 0 Å². The summed E-state index contributed by atoms with van der Waals surface area (Å²) in [6.07, 6.45) is 0. The van der Waals surface area contributed by atoms with Crippen molar-refractivity contribution >= 4 is 15.9 Å². The third-order valence-corrected chi connectivity index (χ3v) is 4.46. The summed E-state index contributed by atoms with van der Waals surface area (Å²) >= 11 is 3.59. The summed E-state index contributed by atoms with van der Waals surface area (Å²) in [4.78, 5) is 2.50. The lowest BCUT2D eigenvalue weighted by Gasteiger charge is -2.30. The summed E-state index contributed by atoms with van der Waals surface area (Å²) in [5.41, 5.74) is 2.25. The zero-order chi connectivity index (χ0) is 14.6. The number of rotatable bonds is 7. The summed E-state index contributed by atoms with van der Waals surface area (Å²) in [5, 5.41) is 7.90. The Morgan fingerprint density at radius 2 is 1.84 bits per heavy atom. The Bertz CT molecular complexity index is 390. The molecule has 0 bridgehead atoms. The highest BCUT2D eigenvalue weighted by Gasteiger charge is 2.13. The lowest BCUT2D eigenvalue weighted by Crippen LogP contribution is -2.41. The molecule has 19 heavy (non-hydrogen) atoms. The molecular weight excluding hydrogens is 304 g/mol. The molecule has 0 fully saturated rings. The van der Waals surface area contributed by atoms with Crippen LogP contribution in [0.1, 0.15) is 39.1 Å². The second-order valence-corrected chi connectivity index (χ2v) is 6.36. The molecule has 110 valence electrons. The van der Waals surface area contributed by atoms with Crippen molar-refractivity contribution in [2.75, 3.05) is 13.1 Å². The van der Waals surface area contributed by atoms with E-state index in [9.17, 15) is 0 Å². The van der Waals surface area contributed by atoms with E-state index in [0.717, 1.165) is 29.8 Å². The fraction of sp³-hybridized carbons (Fsp3) is 0.786. The molecule has 0 amide bonds. The first kappa shape index (κ1) is 16.7. The Morgan fingerprint density at radius 3 is 2.26 bits per heavy atom. The van der Waals surface area contributed by atoms with E-state index in [1.807, 2.05) is 18.7 Å². The SMILES string of the molecule is Cc1nn(C)c(CNCCN(C(C)C)C(C)C)c1Br. The fourth-order valence-electron chi connectivity index (χ4n) is 2.40. The first-order valence-corrected chi connectivity index (χ1v) is 7.78. The first-order chi connectivity index (χ1) is 8.84. The summed E-state index contributed by atoms with van der Waals surface area (Å²) in [5.74, 6) is 0. The molecule has 4 nitrogen and oxygen atoms in total. The van der Waals surface area contributed by atoms with Crippen LogP contribution in [0.4, 0.5) is 0 Å². The average Bonchev–Trinajstić information content (AvgIpc) is 2.53. The monoisotopic (exact) mass is 330 g/mol. The van der Waals surface area contributed by atoms with Gasteiger partial charge in [-0.3, -0.25) is 9.58 Å². The van der Waals surface area contributed by atoms with E-state index < -0.39 is 0 Å². The molecule has 0 atom stereocenters. The van der Waals surface area contributed by atoms with E-state index in [-0.39, 0.29) is 0 Å². The highest BCUT2D eigenvalue weighted by Crippen LogP contribution is 2.19. The highest BCUT2D eigenvalue weighted by atomic mass is 79.9. The largest absolute Gasteiger partial charge is 0.310 e. The zero-order valence-corrected chi connectivity index (χ0v) is 14.6. The third-order valence-electron chi connectivity index (χ3n) is 3.43. The van der Waals surface area contributed by atoms with Crippen LogP contribution in [0.15, 0.2) is 4.47 Å². The van der Waals surface area contributed by atoms with Gasteiger partial charge in [-0.25, -0.2) is 0 Å². The molecule has 1 N–H and O–H groups in total. The molecule has 5 heteroatoms. The lowest BCUT2D eigenvalue weighted by molar-refractivity contribution is 0.175. The Labute approximate surface area is 125 Å². The predicted octanol–water partition coefficient (Wildman–Crippen LogP) is 2.70.